The van der Waals surface area contributed by atoms with Gasteiger partial charge in [0.15, 0.2) is 0 Å². The number of anilines is 1. The molecule has 0 fully saturated rings. The van der Waals surface area contributed by atoms with Gasteiger partial charge in [0.2, 0.25) is 5.91 Å². The Hall–Kier alpha value is -3.34. The standard InChI is InChI=1S/C22H24ClF3N6O2/c1-12(2)20(33)30-19(27)14-11-32(17-10-29-31-21(34)18(17)23)8-7-16(14)28-9-13-5-3-4-6-15(13)22(24,25)26/h3-6,10,12,28H,7-9,11H2,1-2H3,(H,31,34)(H2,27,30,33). The number of benzene rings is 1. The fourth-order valence-electron chi connectivity index (χ4n) is 3.48. The van der Waals surface area contributed by atoms with E-state index < -0.39 is 17.3 Å². The molecule has 0 atom stereocenters. The molecule has 1 amide bonds. The molecule has 2 aromatic rings. The van der Waals surface area contributed by atoms with Gasteiger partial charge in [-0.15, -0.1) is 0 Å². The third kappa shape index (κ3) is 5.77. The van der Waals surface area contributed by atoms with Crippen LogP contribution in [-0.2, 0) is 17.5 Å². The number of amides is 1. The van der Waals surface area contributed by atoms with Crippen LogP contribution in [0.5, 0.6) is 0 Å². The van der Waals surface area contributed by atoms with Crippen LogP contribution < -0.4 is 21.1 Å². The largest absolute Gasteiger partial charge is 0.416 e. The molecule has 182 valence electrons. The average molecular weight is 497 g/mol. The van der Waals surface area contributed by atoms with Gasteiger partial charge in [-0.2, -0.15) is 18.3 Å². The van der Waals surface area contributed by atoms with Gasteiger partial charge >= 0.3 is 6.18 Å². The summed E-state index contributed by atoms with van der Waals surface area (Å²) in [5, 5.41) is 20.0. The molecule has 0 saturated carbocycles. The lowest BCUT2D eigenvalue weighted by atomic mass is 10.0. The van der Waals surface area contributed by atoms with Crippen molar-refractivity contribution in [3.63, 3.8) is 0 Å². The molecular weight excluding hydrogens is 473 g/mol. The Kier molecular flexibility index (Phi) is 7.65. The molecule has 34 heavy (non-hydrogen) atoms. The molecule has 8 nitrogen and oxygen atoms in total. The summed E-state index contributed by atoms with van der Waals surface area (Å²) in [5.74, 6) is -0.918. The number of rotatable bonds is 6. The van der Waals surface area contributed by atoms with Crippen molar-refractivity contribution in [3.05, 3.63) is 68.2 Å². The topological polar surface area (TPSA) is 114 Å². The first-order valence-corrected chi connectivity index (χ1v) is 10.9. The molecule has 12 heteroatoms. The number of aromatic nitrogens is 2. The van der Waals surface area contributed by atoms with Gasteiger partial charge < -0.3 is 15.5 Å². The zero-order chi connectivity index (χ0) is 25.0. The quantitative estimate of drug-likeness (QED) is 0.361. The van der Waals surface area contributed by atoms with Gasteiger partial charge in [-0.05, 0) is 11.6 Å². The van der Waals surface area contributed by atoms with Crippen LogP contribution in [0.3, 0.4) is 0 Å². The summed E-state index contributed by atoms with van der Waals surface area (Å²) >= 11 is 6.13. The van der Waals surface area contributed by atoms with Crippen molar-refractivity contribution in [2.24, 2.45) is 5.92 Å². The molecule has 0 spiro atoms. The summed E-state index contributed by atoms with van der Waals surface area (Å²) in [6, 6.07) is 5.25. The normalized spacial score (nSPS) is 14.4. The van der Waals surface area contributed by atoms with E-state index >= 15 is 0 Å². The van der Waals surface area contributed by atoms with Gasteiger partial charge in [0.1, 0.15) is 10.9 Å². The molecule has 0 aliphatic carbocycles. The number of carbonyl (C=O) groups is 1. The van der Waals surface area contributed by atoms with E-state index in [-0.39, 0.29) is 41.3 Å². The molecule has 1 aromatic carbocycles. The maximum Gasteiger partial charge on any atom is 0.416 e. The summed E-state index contributed by atoms with van der Waals surface area (Å²) in [6.07, 6.45) is -2.80. The van der Waals surface area contributed by atoms with Crippen molar-refractivity contribution >= 4 is 29.0 Å². The highest BCUT2D eigenvalue weighted by Gasteiger charge is 2.33. The van der Waals surface area contributed by atoms with E-state index in [1.807, 2.05) is 0 Å². The summed E-state index contributed by atoms with van der Waals surface area (Å²) in [7, 11) is 0. The molecule has 0 bridgehead atoms. The van der Waals surface area contributed by atoms with Crippen LogP contribution in [0.2, 0.25) is 5.02 Å². The minimum atomic E-state index is -4.50. The van der Waals surface area contributed by atoms with Gasteiger partial charge in [-0.25, -0.2) is 5.10 Å². The number of aromatic amines is 1. The van der Waals surface area contributed by atoms with Gasteiger partial charge in [0, 0.05) is 43.2 Å². The molecule has 0 unspecified atom stereocenters. The van der Waals surface area contributed by atoms with E-state index in [1.165, 1.54) is 24.4 Å². The zero-order valence-corrected chi connectivity index (χ0v) is 19.3. The summed E-state index contributed by atoms with van der Waals surface area (Å²) in [6.45, 7) is 3.69. The van der Waals surface area contributed by atoms with Crippen molar-refractivity contribution in [3.8, 4) is 0 Å². The minimum absolute atomic E-state index is 0.0591. The molecule has 0 radical (unpaired) electrons. The Labute approximate surface area is 198 Å². The van der Waals surface area contributed by atoms with E-state index in [2.05, 4.69) is 20.8 Å². The molecular formula is C22H24ClF3N6O2. The minimum Gasteiger partial charge on any atom is -0.384 e. The van der Waals surface area contributed by atoms with Crippen LogP contribution in [0, 0.1) is 11.3 Å². The molecule has 4 N–H and O–H groups in total. The summed E-state index contributed by atoms with van der Waals surface area (Å²) in [5.41, 5.74) is 0.000677. The first kappa shape index (κ1) is 25.3. The monoisotopic (exact) mass is 496 g/mol. The van der Waals surface area contributed by atoms with Crippen LogP contribution in [0.1, 0.15) is 31.4 Å². The Morgan fingerprint density at radius 2 is 2.03 bits per heavy atom. The lowest BCUT2D eigenvalue weighted by Gasteiger charge is -2.33. The van der Waals surface area contributed by atoms with Gasteiger partial charge in [-0.1, -0.05) is 43.6 Å². The van der Waals surface area contributed by atoms with Crippen molar-refractivity contribution < 1.29 is 18.0 Å². The molecule has 3 rings (SSSR count). The van der Waals surface area contributed by atoms with Crippen LogP contribution in [0.15, 0.2) is 46.5 Å². The van der Waals surface area contributed by atoms with E-state index in [0.29, 0.717) is 29.9 Å². The van der Waals surface area contributed by atoms with E-state index in [9.17, 15) is 22.8 Å². The average Bonchev–Trinajstić information content (AvgIpc) is 2.79. The maximum atomic E-state index is 13.4. The number of alkyl halides is 3. The van der Waals surface area contributed by atoms with Crippen molar-refractivity contribution in [2.75, 3.05) is 18.0 Å². The molecule has 1 aliphatic heterocycles. The second-order valence-electron chi connectivity index (χ2n) is 8.05. The fraction of sp³-hybridized carbons (Fsp3) is 0.364. The molecule has 0 saturated heterocycles. The second-order valence-corrected chi connectivity index (χ2v) is 8.43. The lowest BCUT2D eigenvalue weighted by Crippen LogP contribution is -2.43. The Balaban J connectivity index is 1.92. The summed E-state index contributed by atoms with van der Waals surface area (Å²) in [4.78, 5) is 25.8. The zero-order valence-electron chi connectivity index (χ0n) is 18.5. The van der Waals surface area contributed by atoms with Crippen LogP contribution >= 0.6 is 11.6 Å². The van der Waals surface area contributed by atoms with Crippen molar-refractivity contribution in [1.29, 1.82) is 5.41 Å². The van der Waals surface area contributed by atoms with E-state index in [0.717, 1.165) is 6.07 Å². The van der Waals surface area contributed by atoms with E-state index in [1.54, 1.807) is 18.7 Å². The van der Waals surface area contributed by atoms with E-state index in [4.69, 9.17) is 17.0 Å². The highest BCUT2D eigenvalue weighted by Crippen LogP contribution is 2.32. The SMILES string of the molecule is CC(C)C(=O)NC(=N)C1=C(NCc2ccccc2C(F)(F)F)CCN(c2cn[nH]c(=O)c2Cl)C1. The Bertz CT molecular complexity index is 1180. The molecule has 2 heterocycles. The first-order chi connectivity index (χ1) is 16.0. The van der Waals surface area contributed by atoms with Crippen LogP contribution in [0.25, 0.3) is 0 Å². The van der Waals surface area contributed by atoms with Crippen molar-refractivity contribution in [1.82, 2.24) is 20.8 Å². The molecule has 1 aliphatic rings. The van der Waals surface area contributed by atoms with Gasteiger partial charge in [0.25, 0.3) is 5.56 Å². The number of nitrogens with zero attached hydrogens (tertiary/aromatic N) is 2. The number of amidine groups is 1. The predicted octanol–water partition coefficient (Wildman–Crippen LogP) is 3.45. The highest BCUT2D eigenvalue weighted by atomic mass is 35.5. The third-order valence-corrected chi connectivity index (χ3v) is 5.72. The maximum absolute atomic E-state index is 13.4. The molecule has 1 aromatic heterocycles. The predicted molar refractivity (Wildman–Crippen MR) is 123 cm³/mol. The smallest absolute Gasteiger partial charge is 0.384 e. The highest BCUT2D eigenvalue weighted by molar-refractivity contribution is 6.33. The number of H-pyrrole nitrogens is 1. The fourth-order valence-corrected chi connectivity index (χ4v) is 3.69. The Morgan fingerprint density at radius 3 is 2.71 bits per heavy atom. The summed E-state index contributed by atoms with van der Waals surface area (Å²) < 4.78 is 40.1. The van der Waals surface area contributed by atoms with Crippen LogP contribution in [-0.4, -0.2) is 35.0 Å². The second kappa shape index (κ2) is 10.3. The number of hydrogen-bond donors (Lipinski definition) is 4. The van der Waals surface area contributed by atoms with Crippen molar-refractivity contribution in [2.45, 2.75) is 33.0 Å². The first-order valence-electron chi connectivity index (χ1n) is 10.5. The number of hydrogen-bond acceptors (Lipinski definition) is 6. The third-order valence-electron chi connectivity index (χ3n) is 5.35. The number of carbonyl (C=O) groups excluding carboxylic acids is 1. The Morgan fingerprint density at radius 1 is 1.32 bits per heavy atom. The van der Waals surface area contributed by atoms with Gasteiger partial charge in [-0.3, -0.25) is 15.0 Å². The van der Waals surface area contributed by atoms with Crippen LogP contribution in [0.4, 0.5) is 18.9 Å². The number of halogens is 4. The lowest BCUT2D eigenvalue weighted by molar-refractivity contribution is -0.138. The number of nitrogens with one attached hydrogen (secondary N) is 4. The van der Waals surface area contributed by atoms with Gasteiger partial charge in [0.05, 0.1) is 17.4 Å².